The molecule has 0 unspecified atom stereocenters. The van der Waals surface area contributed by atoms with E-state index in [1.165, 1.54) is 25.3 Å². The van der Waals surface area contributed by atoms with Gasteiger partial charge in [-0.05, 0) is 54.6 Å². The van der Waals surface area contributed by atoms with E-state index in [9.17, 15) is 8.42 Å². The molecule has 1 heterocycles. The summed E-state index contributed by atoms with van der Waals surface area (Å²) in [5, 5.41) is 1.36. The van der Waals surface area contributed by atoms with Crippen LogP contribution in [0, 0.1) is 0 Å². The second-order valence-corrected chi connectivity index (χ2v) is 9.11. The summed E-state index contributed by atoms with van der Waals surface area (Å²) >= 11 is 12.3. The molecule has 0 amide bonds. The van der Waals surface area contributed by atoms with Gasteiger partial charge in [0.15, 0.2) is 0 Å². The Bertz CT molecular complexity index is 1410. The Morgan fingerprint density at radius 2 is 1.70 bits per heavy atom. The highest BCUT2D eigenvalue weighted by Gasteiger charge is 2.22. The molecule has 0 atom stereocenters. The van der Waals surface area contributed by atoms with Crippen molar-refractivity contribution < 1.29 is 17.6 Å². The van der Waals surface area contributed by atoms with E-state index in [2.05, 4.69) is 4.99 Å². The molecular formula is C22H15Cl2NO4S. The molecule has 0 fully saturated rings. The number of fused-ring (bicyclic) bond motifs is 1. The molecule has 8 heteroatoms. The topological polar surface area (TPSA) is 68.9 Å². The van der Waals surface area contributed by atoms with Crippen LogP contribution in [0.5, 0.6) is 5.75 Å². The van der Waals surface area contributed by atoms with E-state index in [-0.39, 0.29) is 15.3 Å². The summed E-state index contributed by atoms with van der Waals surface area (Å²) < 4.78 is 37.7. The van der Waals surface area contributed by atoms with Gasteiger partial charge in [-0.25, -0.2) is 13.4 Å². The van der Waals surface area contributed by atoms with Crippen LogP contribution < -0.4 is 10.3 Å². The van der Waals surface area contributed by atoms with Gasteiger partial charge in [-0.2, -0.15) is 0 Å². The van der Waals surface area contributed by atoms with Gasteiger partial charge in [-0.3, -0.25) is 0 Å². The zero-order valence-corrected chi connectivity index (χ0v) is 18.0. The average molecular weight is 460 g/mol. The summed E-state index contributed by atoms with van der Waals surface area (Å²) in [4.78, 5) is 4.48. The molecule has 1 aromatic heterocycles. The molecule has 0 saturated heterocycles. The lowest BCUT2D eigenvalue weighted by Gasteiger charge is -2.08. The number of benzene rings is 3. The van der Waals surface area contributed by atoms with Gasteiger partial charge < -0.3 is 9.15 Å². The largest absolute Gasteiger partial charge is 0.495 e. The Kier molecular flexibility index (Phi) is 5.56. The van der Waals surface area contributed by atoms with Crippen LogP contribution in [-0.2, 0) is 9.84 Å². The van der Waals surface area contributed by atoms with Crippen LogP contribution in [0.1, 0.15) is 0 Å². The van der Waals surface area contributed by atoms with Crippen molar-refractivity contribution in [3.63, 3.8) is 0 Å². The molecule has 4 aromatic rings. The maximum atomic E-state index is 13.3. The number of sulfone groups is 1. The van der Waals surface area contributed by atoms with E-state index in [0.29, 0.717) is 32.5 Å². The lowest BCUT2D eigenvalue weighted by molar-refractivity contribution is 0.415. The highest BCUT2D eigenvalue weighted by Crippen LogP contribution is 2.29. The molecule has 30 heavy (non-hydrogen) atoms. The molecule has 0 radical (unpaired) electrons. The van der Waals surface area contributed by atoms with Crippen molar-refractivity contribution in [3.05, 3.63) is 88.4 Å². The Hall–Kier alpha value is -2.80. The van der Waals surface area contributed by atoms with Crippen molar-refractivity contribution in [3.8, 4) is 5.75 Å². The molecule has 0 aliphatic heterocycles. The Labute approximate surface area is 183 Å². The fourth-order valence-electron chi connectivity index (χ4n) is 2.92. The first kappa shape index (κ1) is 20.5. The molecular weight excluding hydrogens is 445 g/mol. The molecule has 0 aliphatic rings. The predicted molar refractivity (Wildman–Crippen MR) is 116 cm³/mol. The Morgan fingerprint density at radius 1 is 0.933 bits per heavy atom. The third-order valence-electron chi connectivity index (χ3n) is 4.38. The summed E-state index contributed by atoms with van der Waals surface area (Å²) in [5.74, 6) is 0.484. The van der Waals surface area contributed by atoms with E-state index in [4.69, 9.17) is 32.4 Å². The van der Waals surface area contributed by atoms with E-state index in [0.717, 1.165) is 0 Å². The number of ether oxygens (including phenoxy) is 1. The SMILES string of the molecule is COc1ccc(N=c2oc3ccc(Cl)cc3cc2S(=O)(=O)c2ccccc2)cc1Cl. The maximum absolute atomic E-state index is 13.3. The van der Waals surface area contributed by atoms with Gasteiger partial charge in [0.05, 0.1) is 22.7 Å². The summed E-state index contributed by atoms with van der Waals surface area (Å²) in [5.41, 5.74) is 0.807. The Balaban J connectivity index is 2.02. The van der Waals surface area contributed by atoms with Crippen molar-refractivity contribution >= 4 is 49.7 Å². The zero-order chi connectivity index (χ0) is 21.3. The van der Waals surface area contributed by atoms with Gasteiger partial charge in [-0.1, -0.05) is 41.4 Å². The molecule has 0 spiro atoms. The standard InChI is InChI=1S/C22H15Cl2NO4S/c1-28-20-10-8-16(13-18(20)24)25-22-21(30(26,27)17-5-3-2-4-6-17)12-14-11-15(23)7-9-19(14)29-22/h2-13H,1H3. The average Bonchev–Trinajstić information content (AvgIpc) is 2.74. The maximum Gasteiger partial charge on any atom is 0.239 e. The first-order valence-corrected chi connectivity index (χ1v) is 11.0. The van der Waals surface area contributed by atoms with Gasteiger partial charge in [0, 0.05) is 10.4 Å². The number of nitrogens with zero attached hydrogens (tertiary/aromatic N) is 1. The quantitative estimate of drug-likeness (QED) is 0.385. The molecule has 0 bridgehead atoms. The summed E-state index contributed by atoms with van der Waals surface area (Å²) in [6.45, 7) is 0. The number of hydrogen-bond donors (Lipinski definition) is 0. The lowest BCUT2D eigenvalue weighted by Crippen LogP contribution is -2.15. The highest BCUT2D eigenvalue weighted by molar-refractivity contribution is 7.91. The fourth-order valence-corrected chi connectivity index (χ4v) is 4.72. The van der Waals surface area contributed by atoms with E-state index in [1.807, 2.05) is 0 Å². The van der Waals surface area contributed by atoms with Gasteiger partial charge in [0.25, 0.3) is 0 Å². The number of halogens is 2. The van der Waals surface area contributed by atoms with Crippen molar-refractivity contribution in [1.82, 2.24) is 0 Å². The monoisotopic (exact) mass is 459 g/mol. The summed E-state index contributed by atoms with van der Waals surface area (Å²) in [6, 6.07) is 19.4. The minimum atomic E-state index is -3.91. The van der Waals surface area contributed by atoms with Crippen LogP contribution >= 0.6 is 23.2 Å². The predicted octanol–water partition coefficient (Wildman–Crippen LogP) is 5.81. The first-order chi connectivity index (χ1) is 14.4. The lowest BCUT2D eigenvalue weighted by atomic mass is 10.2. The second kappa shape index (κ2) is 8.14. The van der Waals surface area contributed by atoms with E-state index in [1.54, 1.807) is 54.6 Å². The number of hydrogen-bond acceptors (Lipinski definition) is 5. The molecule has 0 saturated carbocycles. The van der Waals surface area contributed by atoms with Crippen LogP contribution in [0.3, 0.4) is 0 Å². The van der Waals surface area contributed by atoms with Crippen LogP contribution in [0.25, 0.3) is 11.0 Å². The highest BCUT2D eigenvalue weighted by atomic mass is 35.5. The van der Waals surface area contributed by atoms with Gasteiger partial charge in [0.2, 0.25) is 15.4 Å². The minimum absolute atomic E-state index is 0.0603. The molecule has 4 rings (SSSR count). The van der Waals surface area contributed by atoms with E-state index < -0.39 is 9.84 Å². The minimum Gasteiger partial charge on any atom is -0.495 e. The summed E-state index contributed by atoms with van der Waals surface area (Å²) in [7, 11) is -2.40. The molecule has 0 aliphatic carbocycles. The van der Waals surface area contributed by atoms with Crippen molar-refractivity contribution in [2.45, 2.75) is 9.79 Å². The van der Waals surface area contributed by atoms with Crippen molar-refractivity contribution in [2.75, 3.05) is 7.11 Å². The third-order valence-corrected chi connectivity index (χ3v) is 6.68. The van der Waals surface area contributed by atoms with Crippen LogP contribution in [-0.4, -0.2) is 15.5 Å². The first-order valence-electron chi connectivity index (χ1n) is 8.80. The smallest absolute Gasteiger partial charge is 0.239 e. The molecule has 5 nitrogen and oxygen atoms in total. The Morgan fingerprint density at radius 3 is 2.40 bits per heavy atom. The fraction of sp³-hybridized carbons (Fsp3) is 0.0455. The van der Waals surface area contributed by atoms with E-state index >= 15 is 0 Å². The summed E-state index contributed by atoms with van der Waals surface area (Å²) in [6.07, 6.45) is 0. The van der Waals surface area contributed by atoms with Gasteiger partial charge in [0.1, 0.15) is 16.2 Å². The number of methoxy groups -OCH3 is 1. The van der Waals surface area contributed by atoms with Crippen molar-refractivity contribution in [2.24, 2.45) is 4.99 Å². The van der Waals surface area contributed by atoms with Crippen LogP contribution in [0.4, 0.5) is 5.69 Å². The third kappa shape index (κ3) is 3.94. The molecule has 152 valence electrons. The van der Waals surface area contributed by atoms with Crippen LogP contribution in [0.2, 0.25) is 10.0 Å². The zero-order valence-electron chi connectivity index (χ0n) is 15.7. The number of rotatable bonds is 4. The van der Waals surface area contributed by atoms with Gasteiger partial charge >= 0.3 is 0 Å². The molecule has 0 N–H and O–H groups in total. The molecule has 3 aromatic carbocycles. The normalized spacial score (nSPS) is 12.3. The van der Waals surface area contributed by atoms with Crippen molar-refractivity contribution in [1.29, 1.82) is 0 Å². The second-order valence-electron chi connectivity index (χ2n) is 6.35. The van der Waals surface area contributed by atoms with Crippen LogP contribution in [0.15, 0.2) is 92.0 Å². The van der Waals surface area contributed by atoms with Gasteiger partial charge in [-0.15, -0.1) is 0 Å².